The minimum Gasteiger partial charge on any atom is -0.851 e. The Hall–Kier alpha value is -0.723. The molecular weight excluding hydrogens is 247 g/mol. The van der Waals surface area contributed by atoms with Crippen LogP contribution in [0.4, 0.5) is 0 Å². The van der Waals surface area contributed by atoms with Crippen LogP contribution in [0.15, 0.2) is 36.9 Å². The molecule has 0 spiro atoms. The van der Waals surface area contributed by atoms with Crippen molar-refractivity contribution in [3.63, 3.8) is 0 Å². The van der Waals surface area contributed by atoms with Gasteiger partial charge in [-0.05, 0) is 29.5 Å². The van der Waals surface area contributed by atoms with Gasteiger partial charge in [0, 0.05) is 6.61 Å². The normalized spacial score (nSPS) is 14.8. The molecule has 0 unspecified atom stereocenters. The van der Waals surface area contributed by atoms with E-state index < -0.39 is 6.10 Å². The summed E-state index contributed by atoms with van der Waals surface area (Å²) >= 11 is 0. The topological polar surface area (TPSA) is 41.5 Å². The fraction of sp³-hybridized carbons (Fsp3) is 0.500. The van der Waals surface area contributed by atoms with Crippen molar-refractivity contribution in [1.29, 1.82) is 0 Å². The molecule has 106 valence electrons. The van der Waals surface area contributed by atoms with Crippen LogP contribution in [0.1, 0.15) is 19.4 Å². The van der Waals surface area contributed by atoms with Crippen LogP contribution < -0.4 is 28.7 Å². The van der Waals surface area contributed by atoms with Gasteiger partial charge < -0.3 is 14.6 Å². The molecule has 0 bridgehead atoms. The van der Waals surface area contributed by atoms with Crippen molar-refractivity contribution in [2.45, 2.75) is 26.6 Å². The molecule has 3 atom stereocenters. The molecule has 0 aliphatic heterocycles. The SMILES string of the molecule is C=C[C@@H](C)[C@@H]([O-])[C@@H](C)COCc1ccc(OC)cc1.[Li+]. The number of ether oxygens (including phenoxy) is 2. The molecule has 0 amide bonds. The molecule has 0 heterocycles. The molecule has 0 N–H and O–H groups in total. The first kappa shape index (κ1) is 19.3. The molecule has 1 aromatic rings. The predicted octanol–water partition coefficient (Wildman–Crippen LogP) is -0.597. The van der Waals surface area contributed by atoms with Crippen molar-refractivity contribution < 1.29 is 33.4 Å². The fourth-order valence-corrected chi connectivity index (χ4v) is 1.83. The zero-order valence-corrected chi connectivity index (χ0v) is 13.0. The fourth-order valence-electron chi connectivity index (χ4n) is 1.83. The Bertz CT molecular complexity index is 378. The Labute approximate surface area is 134 Å². The molecule has 0 aromatic heterocycles. The molecule has 1 rings (SSSR count). The van der Waals surface area contributed by atoms with Crippen LogP contribution in [0.25, 0.3) is 0 Å². The Morgan fingerprint density at radius 3 is 2.35 bits per heavy atom. The van der Waals surface area contributed by atoms with Crippen LogP contribution in [-0.2, 0) is 11.3 Å². The molecule has 1 aromatic carbocycles. The molecule has 4 heteroatoms. The van der Waals surface area contributed by atoms with Gasteiger partial charge in [0.2, 0.25) is 0 Å². The first-order valence-corrected chi connectivity index (χ1v) is 6.57. The Morgan fingerprint density at radius 2 is 1.85 bits per heavy atom. The van der Waals surface area contributed by atoms with E-state index in [9.17, 15) is 5.11 Å². The Kier molecular flexibility index (Phi) is 9.71. The van der Waals surface area contributed by atoms with E-state index in [0.717, 1.165) is 11.3 Å². The van der Waals surface area contributed by atoms with Gasteiger partial charge in [0.05, 0.1) is 13.7 Å². The second kappa shape index (κ2) is 10.1. The summed E-state index contributed by atoms with van der Waals surface area (Å²) in [5.74, 6) is 0.780. The molecule has 0 saturated carbocycles. The van der Waals surface area contributed by atoms with Crippen LogP contribution >= 0.6 is 0 Å². The van der Waals surface area contributed by atoms with Crippen LogP contribution in [0.2, 0.25) is 0 Å². The second-order valence-corrected chi connectivity index (χ2v) is 4.90. The van der Waals surface area contributed by atoms with Crippen molar-refractivity contribution in [3.8, 4) is 5.75 Å². The summed E-state index contributed by atoms with van der Waals surface area (Å²) < 4.78 is 10.7. The van der Waals surface area contributed by atoms with Gasteiger partial charge in [-0.25, -0.2) is 0 Å². The van der Waals surface area contributed by atoms with Crippen molar-refractivity contribution >= 4 is 0 Å². The molecule has 0 aliphatic carbocycles. The van der Waals surface area contributed by atoms with Crippen LogP contribution in [0, 0.1) is 11.8 Å². The van der Waals surface area contributed by atoms with Crippen molar-refractivity contribution in [2.24, 2.45) is 11.8 Å². The van der Waals surface area contributed by atoms with E-state index in [1.807, 2.05) is 38.1 Å². The average Bonchev–Trinajstić information content (AvgIpc) is 2.46. The second-order valence-electron chi connectivity index (χ2n) is 4.90. The van der Waals surface area contributed by atoms with Gasteiger partial charge in [-0.1, -0.05) is 32.1 Å². The molecule has 0 saturated heterocycles. The summed E-state index contributed by atoms with van der Waals surface area (Å²) in [5.41, 5.74) is 1.08. The Morgan fingerprint density at radius 1 is 1.25 bits per heavy atom. The van der Waals surface area contributed by atoms with Crippen LogP contribution in [0.3, 0.4) is 0 Å². The van der Waals surface area contributed by atoms with Crippen molar-refractivity contribution in [2.75, 3.05) is 13.7 Å². The summed E-state index contributed by atoms with van der Waals surface area (Å²) in [6.45, 7) is 8.46. The molecule has 20 heavy (non-hydrogen) atoms. The van der Waals surface area contributed by atoms with E-state index in [-0.39, 0.29) is 30.7 Å². The summed E-state index contributed by atoms with van der Waals surface area (Å²) in [4.78, 5) is 0. The smallest absolute Gasteiger partial charge is 0.851 e. The molecule has 3 nitrogen and oxygen atoms in total. The third-order valence-electron chi connectivity index (χ3n) is 3.26. The summed E-state index contributed by atoms with van der Waals surface area (Å²) in [6.07, 6.45) is 1.05. The minimum atomic E-state index is -0.659. The van der Waals surface area contributed by atoms with Crippen molar-refractivity contribution in [1.82, 2.24) is 0 Å². The van der Waals surface area contributed by atoms with E-state index in [0.29, 0.717) is 13.2 Å². The third kappa shape index (κ3) is 6.15. The number of hydrogen-bond acceptors (Lipinski definition) is 3. The maximum absolute atomic E-state index is 11.9. The first-order chi connectivity index (χ1) is 9.08. The van der Waals surface area contributed by atoms with Gasteiger partial charge in [-0.2, -0.15) is 0 Å². The maximum Gasteiger partial charge on any atom is 1.00 e. The molecular formula is C16H23LiO3. The Balaban J connectivity index is 0.00000361. The predicted molar refractivity (Wildman–Crippen MR) is 75.0 cm³/mol. The van der Waals surface area contributed by atoms with Gasteiger partial charge in [0.15, 0.2) is 0 Å². The molecule has 0 aliphatic rings. The number of methoxy groups -OCH3 is 1. The van der Waals surface area contributed by atoms with E-state index in [2.05, 4.69) is 6.58 Å². The van der Waals surface area contributed by atoms with E-state index in [4.69, 9.17) is 9.47 Å². The zero-order chi connectivity index (χ0) is 14.3. The van der Waals surface area contributed by atoms with Crippen LogP contribution in [0.5, 0.6) is 5.75 Å². The monoisotopic (exact) mass is 270 g/mol. The maximum atomic E-state index is 11.9. The van der Waals surface area contributed by atoms with Gasteiger partial charge >= 0.3 is 18.9 Å². The molecule has 0 radical (unpaired) electrons. The molecule has 0 fully saturated rings. The van der Waals surface area contributed by atoms with Crippen molar-refractivity contribution in [3.05, 3.63) is 42.5 Å². The largest absolute Gasteiger partial charge is 1.00 e. The number of rotatable bonds is 8. The summed E-state index contributed by atoms with van der Waals surface area (Å²) in [7, 11) is 1.64. The minimum absolute atomic E-state index is 0. The van der Waals surface area contributed by atoms with Crippen LogP contribution in [-0.4, -0.2) is 19.8 Å². The average molecular weight is 270 g/mol. The van der Waals surface area contributed by atoms with Gasteiger partial charge in [-0.15, -0.1) is 12.7 Å². The first-order valence-electron chi connectivity index (χ1n) is 6.57. The quantitative estimate of drug-likeness (QED) is 0.468. The third-order valence-corrected chi connectivity index (χ3v) is 3.26. The van der Waals surface area contributed by atoms with E-state index >= 15 is 0 Å². The van der Waals surface area contributed by atoms with E-state index in [1.165, 1.54) is 0 Å². The number of benzene rings is 1. The standard InChI is InChI=1S/C16H23O3.Li/c1-5-12(2)16(17)13(3)10-19-11-14-6-8-15(18-4)9-7-14;/h5-9,12-13,16H,1,10-11H2,2-4H3;/q-1;+1/t12-,13+,16-;/m1./s1. The van der Waals surface area contributed by atoms with Gasteiger partial charge in [0.1, 0.15) is 5.75 Å². The summed E-state index contributed by atoms with van der Waals surface area (Å²) in [6, 6.07) is 7.73. The number of hydrogen-bond donors (Lipinski definition) is 0. The zero-order valence-electron chi connectivity index (χ0n) is 13.0. The van der Waals surface area contributed by atoms with E-state index in [1.54, 1.807) is 13.2 Å². The summed E-state index contributed by atoms with van der Waals surface area (Å²) in [5, 5.41) is 11.9. The van der Waals surface area contributed by atoms with Gasteiger partial charge in [0.25, 0.3) is 0 Å². The van der Waals surface area contributed by atoms with Gasteiger partial charge in [-0.3, -0.25) is 0 Å².